The number of halogens is 3. The van der Waals surface area contributed by atoms with Gasteiger partial charge in [-0.15, -0.1) is 17.9 Å². The summed E-state index contributed by atoms with van der Waals surface area (Å²) < 4.78 is 39.7. The predicted molar refractivity (Wildman–Crippen MR) is 113 cm³/mol. The Labute approximate surface area is 168 Å². The van der Waals surface area contributed by atoms with Crippen LogP contribution in [-0.4, -0.2) is 25.0 Å². The molecule has 0 atom stereocenters. The minimum atomic E-state index is -4.31. The van der Waals surface area contributed by atoms with E-state index in [1.165, 1.54) is 10.3 Å². The van der Waals surface area contributed by atoms with Crippen LogP contribution in [0, 0.1) is 6.92 Å². The Morgan fingerprint density at radius 1 is 1.11 bits per heavy atom. The first kappa shape index (κ1) is 20.6. The minimum absolute atomic E-state index is 0.614. The highest BCUT2D eigenvalue weighted by Gasteiger charge is 2.30. The maximum atomic E-state index is 12.8. The molecule has 3 aromatic rings. The Morgan fingerprint density at radius 2 is 1.82 bits per heavy atom. The second-order valence-corrected chi connectivity index (χ2v) is 8.35. The first-order chi connectivity index (χ1) is 13.3. The molecule has 0 spiro atoms. The van der Waals surface area contributed by atoms with Gasteiger partial charge in [0.25, 0.3) is 0 Å². The number of rotatable bonds is 7. The van der Waals surface area contributed by atoms with E-state index in [0.717, 1.165) is 59.5 Å². The lowest BCUT2D eigenvalue weighted by Gasteiger charge is -2.13. The SMILES string of the molecule is C=CCN(C)CCCc1ccc2c(-c3ccc(C(F)(F)F)cc3)c(C)sc2c1. The average Bonchev–Trinajstić information content (AvgIpc) is 2.96. The third-order valence-electron chi connectivity index (χ3n) is 4.88. The molecule has 0 aliphatic rings. The van der Waals surface area contributed by atoms with Crippen LogP contribution in [0.2, 0.25) is 0 Å². The van der Waals surface area contributed by atoms with E-state index in [9.17, 15) is 13.2 Å². The Hall–Kier alpha value is -2.11. The fraction of sp³-hybridized carbons (Fsp3) is 0.304. The summed E-state index contributed by atoms with van der Waals surface area (Å²) in [6.45, 7) is 7.69. The topological polar surface area (TPSA) is 3.24 Å². The van der Waals surface area contributed by atoms with Crippen LogP contribution in [0.4, 0.5) is 13.2 Å². The van der Waals surface area contributed by atoms with Crippen LogP contribution >= 0.6 is 11.3 Å². The van der Waals surface area contributed by atoms with Crippen molar-refractivity contribution in [2.75, 3.05) is 20.1 Å². The first-order valence-corrected chi connectivity index (χ1v) is 10.1. The van der Waals surface area contributed by atoms with Crippen LogP contribution in [0.1, 0.15) is 22.4 Å². The van der Waals surface area contributed by atoms with Crippen molar-refractivity contribution in [3.63, 3.8) is 0 Å². The zero-order valence-corrected chi connectivity index (χ0v) is 17.0. The largest absolute Gasteiger partial charge is 0.416 e. The van der Waals surface area contributed by atoms with E-state index in [-0.39, 0.29) is 0 Å². The summed E-state index contributed by atoms with van der Waals surface area (Å²) in [7, 11) is 2.09. The summed E-state index contributed by atoms with van der Waals surface area (Å²) in [6.07, 6.45) is -0.321. The first-order valence-electron chi connectivity index (χ1n) is 9.28. The Balaban J connectivity index is 1.81. The smallest absolute Gasteiger partial charge is 0.303 e. The van der Waals surface area contributed by atoms with Gasteiger partial charge in [-0.25, -0.2) is 0 Å². The molecule has 0 N–H and O–H groups in total. The Kier molecular flexibility index (Phi) is 6.26. The predicted octanol–water partition coefficient (Wildman–Crippen LogP) is 6.95. The van der Waals surface area contributed by atoms with E-state index < -0.39 is 11.7 Å². The third kappa shape index (κ3) is 4.65. The van der Waals surface area contributed by atoms with Crippen LogP contribution in [0.15, 0.2) is 55.1 Å². The lowest BCUT2D eigenvalue weighted by molar-refractivity contribution is -0.137. The highest BCUT2D eigenvalue weighted by molar-refractivity contribution is 7.19. The zero-order valence-electron chi connectivity index (χ0n) is 16.1. The normalized spacial score (nSPS) is 12.1. The Morgan fingerprint density at radius 3 is 2.46 bits per heavy atom. The number of alkyl halides is 3. The molecule has 0 bridgehead atoms. The molecule has 0 saturated carbocycles. The number of benzene rings is 2. The summed E-state index contributed by atoms with van der Waals surface area (Å²) in [6, 6.07) is 11.9. The van der Waals surface area contributed by atoms with Gasteiger partial charge in [0.2, 0.25) is 0 Å². The molecule has 0 saturated heterocycles. The molecule has 2 aromatic carbocycles. The second kappa shape index (κ2) is 8.50. The number of hydrogen-bond acceptors (Lipinski definition) is 2. The molecule has 0 aliphatic carbocycles. The van der Waals surface area contributed by atoms with Crippen molar-refractivity contribution in [2.45, 2.75) is 25.9 Å². The molecule has 3 rings (SSSR count). The number of hydrogen-bond donors (Lipinski definition) is 0. The molecule has 0 aliphatic heterocycles. The number of fused-ring (bicyclic) bond motifs is 1. The summed E-state index contributed by atoms with van der Waals surface area (Å²) in [5, 5.41) is 1.11. The third-order valence-corrected chi connectivity index (χ3v) is 5.95. The van der Waals surface area contributed by atoms with Crippen LogP contribution < -0.4 is 0 Å². The van der Waals surface area contributed by atoms with Gasteiger partial charge in [0.1, 0.15) is 0 Å². The number of thiophene rings is 1. The fourth-order valence-corrected chi connectivity index (χ4v) is 4.62. The van der Waals surface area contributed by atoms with E-state index in [1.807, 2.05) is 13.0 Å². The van der Waals surface area contributed by atoms with E-state index >= 15 is 0 Å². The van der Waals surface area contributed by atoms with Gasteiger partial charge in [-0.05, 0) is 62.7 Å². The Bertz CT molecular complexity index is 954. The van der Waals surface area contributed by atoms with Crippen molar-refractivity contribution < 1.29 is 13.2 Å². The van der Waals surface area contributed by atoms with Crippen molar-refractivity contribution in [3.05, 3.63) is 71.1 Å². The van der Waals surface area contributed by atoms with Gasteiger partial charge in [-0.3, -0.25) is 0 Å². The molecule has 0 radical (unpaired) electrons. The van der Waals surface area contributed by atoms with Crippen molar-refractivity contribution in [1.82, 2.24) is 4.90 Å². The molecule has 1 heterocycles. The fourth-order valence-electron chi connectivity index (χ4n) is 3.47. The van der Waals surface area contributed by atoms with Gasteiger partial charge in [0, 0.05) is 27.1 Å². The number of aryl methyl sites for hydroxylation is 2. The number of likely N-dealkylation sites (N-methyl/N-ethyl adjacent to an activating group) is 1. The van der Waals surface area contributed by atoms with Crippen LogP contribution in [-0.2, 0) is 12.6 Å². The minimum Gasteiger partial charge on any atom is -0.303 e. The standard InChI is InChI=1S/C23H24F3NS/c1-4-13-27(3)14-5-6-17-7-12-20-21(15-17)28-16(2)22(20)18-8-10-19(11-9-18)23(24,25)26/h4,7-12,15H,1,5-6,13-14H2,2-3H3. The van der Waals surface area contributed by atoms with Crippen molar-refractivity contribution in [1.29, 1.82) is 0 Å². The van der Waals surface area contributed by atoms with E-state index in [0.29, 0.717) is 0 Å². The molecule has 0 fully saturated rings. The summed E-state index contributed by atoms with van der Waals surface area (Å²) >= 11 is 1.70. The molecule has 28 heavy (non-hydrogen) atoms. The van der Waals surface area contributed by atoms with Crippen LogP contribution in [0.5, 0.6) is 0 Å². The lowest BCUT2D eigenvalue weighted by atomic mass is 9.99. The molecule has 0 amide bonds. The molecule has 1 aromatic heterocycles. The van der Waals surface area contributed by atoms with Gasteiger partial charge in [0.05, 0.1) is 5.56 Å². The van der Waals surface area contributed by atoms with Gasteiger partial charge >= 0.3 is 6.18 Å². The van der Waals surface area contributed by atoms with Crippen molar-refractivity contribution in [3.8, 4) is 11.1 Å². The van der Waals surface area contributed by atoms with Crippen LogP contribution in [0.3, 0.4) is 0 Å². The van der Waals surface area contributed by atoms with Gasteiger partial charge in [-0.2, -0.15) is 13.2 Å². The lowest BCUT2D eigenvalue weighted by Crippen LogP contribution is -2.19. The molecule has 0 unspecified atom stereocenters. The molecule has 1 nitrogen and oxygen atoms in total. The maximum Gasteiger partial charge on any atom is 0.416 e. The molecule has 5 heteroatoms. The molecular weight excluding hydrogens is 379 g/mol. The summed E-state index contributed by atoms with van der Waals surface area (Å²) in [5.41, 5.74) is 2.54. The highest BCUT2D eigenvalue weighted by atomic mass is 32.1. The number of nitrogens with zero attached hydrogens (tertiary/aromatic N) is 1. The monoisotopic (exact) mass is 403 g/mol. The molecule has 148 valence electrons. The van der Waals surface area contributed by atoms with E-state index in [2.05, 4.69) is 36.7 Å². The average molecular weight is 404 g/mol. The maximum absolute atomic E-state index is 12.8. The van der Waals surface area contributed by atoms with Gasteiger partial charge < -0.3 is 4.90 Å². The van der Waals surface area contributed by atoms with Gasteiger partial charge in [0.15, 0.2) is 0 Å². The summed E-state index contributed by atoms with van der Waals surface area (Å²) in [4.78, 5) is 3.36. The zero-order chi connectivity index (χ0) is 20.3. The van der Waals surface area contributed by atoms with Crippen molar-refractivity contribution in [2.24, 2.45) is 0 Å². The second-order valence-electron chi connectivity index (χ2n) is 7.09. The van der Waals surface area contributed by atoms with Crippen LogP contribution in [0.25, 0.3) is 21.2 Å². The quantitative estimate of drug-likeness (QED) is 0.386. The summed E-state index contributed by atoms with van der Waals surface area (Å²) in [5.74, 6) is 0. The highest BCUT2D eigenvalue weighted by Crippen LogP contribution is 2.40. The van der Waals surface area contributed by atoms with E-state index in [4.69, 9.17) is 0 Å². The van der Waals surface area contributed by atoms with E-state index in [1.54, 1.807) is 23.5 Å². The van der Waals surface area contributed by atoms with Crippen molar-refractivity contribution >= 4 is 21.4 Å². The molecular formula is C23H24F3NS. The van der Waals surface area contributed by atoms with Gasteiger partial charge in [-0.1, -0.05) is 30.3 Å².